The maximum atomic E-state index is 13.5. The Hall–Kier alpha value is -1.95. The van der Waals surface area contributed by atoms with E-state index < -0.39 is 17.6 Å². The van der Waals surface area contributed by atoms with Gasteiger partial charge in [-0.2, -0.15) is 0 Å². The van der Waals surface area contributed by atoms with Gasteiger partial charge in [-0.1, -0.05) is 12.1 Å². The summed E-state index contributed by atoms with van der Waals surface area (Å²) in [5, 5.41) is 4.48. The van der Waals surface area contributed by atoms with Crippen molar-refractivity contribution in [1.82, 2.24) is 5.32 Å². The third kappa shape index (κ3) is 3.53. The largest absolute Gasteiger partial charge is 0.347 e. The molecule has 0 aromatic heterocycles. The van der Waals surface area contributed by atoms with Crippen molar-refractivity contribution in [2.45, 2.75) is 6.92 Å². The van der Waals surface area contributed by atoms with E-state index in [-0.39, 0.29) is 18.8 Å². The summed E-state index contributed by atoms with van der Waals surface area (Å²) < 4.78 is 13.5. The van der Waals surface area contributed by atoms with E-state index in [1.54, 1.807) is 19.1 Å². The number of carbonyl (C=O) groups is 2. The van der Waals surface area contributed by atoms with Crippen LogP contribution in [0.25, 0.3) is 0 Å². The summed E-state index contributed by atoms with van der Waals surface area (Å²) in [6, 6.07) is 4.54. The Morgan fingerprint density at radius 3 is 2.71 bits per heavy atom. The SMILES string of the molecule is Cc1cccc(NC(=O)C(=O)NCCN)c1F. The van der Waals surface area contributed by atoms with Crippen LogP contribution in [-0.4, -0.2) is 24.9 Å². The van der Waals surface area contributed by atoms with Gasteiger partial charge in [0.25, 0.3) is 0 Å². The molecule has 0 fully saturated rings. The lowest BCUT2D eigenvalue weighted by Crippen LogP contribution is -2.38. The van der Waals surface area contributed by atoms with Crippen molar-refractivity contribution in [3.8, 4) is 0 Å². The van der Waals surface area contributed by atoms with E-state index in [2.05, 4.69) is 10.6 Å². The number of halogens is 1. The summed E-state index contributed by atoms with van der Waals surface area (Å²) >= 11 is 0. The van der Waals surface area contributed by atoms with Gasteiger partial charge in [0, 0.05) is 13.1 Å². The minimum atomic E-state index is -0.914. The van der Waals surface area contributed by atoms with Crippen LogP contribution in [0.4, 0.5) is 10.1 Å². The van der Waals surface area contributed by atoms with Gasteiger partial charge in [-0.15, -0.1) is 0 Å². The summed E-state index contributed by atoms with van der Waals surface area (Å²) in [4.78, 5) is 22.6. The minimum absolute atomic E-state index is 0.0158. The summed E-state index contributed by atoms with van der Waals surface area (Å²) in [6.45, 7) is 2.00. The van der Waals surface area contributed by atoms with Crippen molar-refractivity contribution in [2.75, 3.05) is 18.4 Å². The zero-order chi connectivity index (χ0) is 12.8. The van der Waals surface area contributed by atoms with Crippen LogP contribution in [-0.2, 0) is 9.59 Å². The molecule has 0 atom stereocenters. The fourth-order valence-electron chi connectivity index (χ4n) is 1.19. The lowest BCUT2D eigenvalue weighted by Gasteiger charge is -2.07. The number of nitrogens with two attached hydrogens (primary N) is 1. The van der Waals surface area contributed by atoms with Crippen molar-refractivity contribution in [1.29, 1.82) is 0 Å². The van der Waals surface area contributed by atoms with Crippen molar-refractivity contribution >= 4 is 17.5 Å². The standard InChI is InChI=1S/C11H14FN3O2/c1-7-3-2-4-8(9(7)12)15-11(17)10(16)14-6-5-13/h2-4H,5-6,13H2,1H3,(H,14,16)(H,15,17). The van der Waals surface area contributed by atoms with Gasteiger partial charge in [-0.05, 0) is 18.6 Å². The Morgan fingerprint density at radius 1 is 1.35 bits per heavy atom. The maximum absolute atomic E-state index is 13.5. The minimum Gasteiger partial charge on any atom is -0.347 e. The molecule has 2 amide bonds. The summed E-state index contributed by atoms with van der Waals surface area (Å²) in [5.74, 6) is -2.30. The highest BCUT2D eigenvalue weighted by molar-refractivity contribution is 6.39. The van der Waals surface area contributed by atoms with Crippen LogP contribution in [0.15, 0.2) is 18.2 Å². The molecule has 6 heteroatoms. The zero-order valence-electron chi connectivity index (χ0n) is 9.42. The Balaban J connectivity index is 2.68. The van der Waals surface area contributed by atoms with Crippen LogP contribution >= 0.6 is 0 Å². The molecule has 0 spiro atoms. The van der Waals surface area contributed by atoms with Crippen LogP contribution in [0.5, 0.6) is 0 Å². The normalized spacial score (nSPS) is 9.82. The molecule has 0 radical (unpaired) electrons. The average Bonchev–Trinajstić information content (AvgIpc) is 2.31. The van der Waals surface area contributed by atoms with Crippen LogP contribution < -0.4 is 16.4 Å². The molecule has 0 heterocycles. The molecular formula is C11H14FN3O2. The molecule has 1 rings (SSSR count). The predicted octanol–water partition coefficient (Wildman–Crippen LogP) is 0.148. The first-order chi connectivity index (χ1) is 8.06. The quantitative estimate of drug-likeness (QED) is 0.656. The lowest BCUT2D eigenvalue weighted by atomic mass is 10.2. The fraction of sp³-hybridized carbons (Fsp3) is 0.273. The highest BCUT2D eigenvalue weighted by Gasteiger charge is 2.15. The first-order valence-corrected chi connectivity index (χ1v) is 5.10. The second-order valence-corrected chi connectivity index (χ2v) is 3.44. The molecule has 0 bridgehead atoms. The third-order valence-electron chi connectivity index (χ3n) is 2.08. The summed E-state index contributed by atoms with van der Waals surface area (Å²) in [6.07, 6.45) is 0. The van der Waals surface area contributed by atoms with Gasteiger partial charge in [0.05, 0.1) is 5.69 Å². The maximum Gasteiger partial charge on any atom is 0.313 e. The van der Waals surface area contributed by atoms with Crippen molar-refractivity contribution in [3.63, 3.8) is 0 Å². The fourth-order valence-corrected chi connectivity index (χ4v) is 1.19. The van der Waals surface area contributed by atoms with Crippen LogP contribution in [0.3, 0.4) is 0 Å². The van der Waals surface area contributed by atoms with E-state index in [4.69, 9.17) is 5.73 Å². The molecule has 0 aliphatic heterocycles. The van der Waals surface area contributed by atoms with Crippen LogP contribution in [0.2, 0.25) is 0 Å². The predicted molar refractivity (Wildman–Crippen MR) is 61.8 cm³/mol. The molecule has 92 valence electrons. The number of carbonyl (C=O) groups excluding carboxylic acids is 2. The molecule has 17 heavy (non-hydrogen) atoms. The first kappa shape index (κ1) is 13.1. The highest BCUT2D eigenvalue weighted by atomic mass is 19.1. The van der Waals surface area contributed by atoms with E-state index >= 15 is 0 Å². The average molecular weight is 239 g/mol. The molecule has 0 aliphatic carbocycles. The monoisotopic (exact) mass is 239 g/mol. The van der Waals surface area contributed by atoms with Crippen molar-refractivity contribution < 1.29 is 14.0 Å². The Morgan fingerprint density at radius 2 is 2.06 bits per heavy atom. The second kappa shape index (κ2) is 5.95. The second-order valence-electron chi connectivity index (χ2n) is 3.44. The number of anilines is 1. The summed E-state index contributed by atoms with van der Waals surface area (Å²) in [5.41, 5.74) is 5.54. The molecule has 1 aromatic carbocycles. The van der Waals surface area contributed by atoms with E-state index in [1.807, 2.05) is 0 Å². The highest BCUT2D eigenvalue weighted by Crippen LogP contribution is 2.16. The number of aryl methyl sites for hydroxylation is 1. The Labute approximate surface area is 98.2 Å². The summed E-state index contributed by atoms with van der Waals surface area (Å²) in [7, 11) is 0. The van der Waals surface area contributed by atoms with E-state index in [1.165, 1.54) is 6.07 Å². The molecule has 5 nitrogen and oxygen atoms in total. The number of hydrogen-bond donors (Lipinski definition) is 3. The number of rotatable bonds is 3. The van der Waals surface area contributed by atoms with Crippen molar-refractivity contribution in [3.05, 3.63) is 29.6 Å². The van der Waals surface area contributed by atoms with E-state index in [0.717, 1.165) is 0 Å². The molecule has 0 saturated carbocycles. The van der Waals surface area contributed by atoms with Gasteiger partial charge < -0.3 is 16.4 Å². The zero-order valence-corrected chi connectivity index (χ0v) is 9.42. The molecule has 0 aliphatic rings. The smallest absolute Gasteiger partial charge is 0.313 e. The van der Waals surface area contributed by atoms with Crippen LogP contribution in [0, 0.1) is 12.7 Å². The molecular weight excluding hydrogens is 225 g/mol. The van der Waals surface area contributed by atoms with Gasteiger partial charge in [-0.25, -0.2) is 4.39 Å². The van der Waals surface area contributed by atoms with Gasteiger partial charge in [0.1, 0.15) is 5.82 Å². The first-order valence-electron chi connectivity index (χ1n) is 5.10. The topological polar surface area (TPSA) is 84.2 Å². The Kier molecular flexibility index (Phi) is 4.59. The molecule has 4 N–H and O–H groups in total. The van der Waals surface area contributed by atoms with Crippen LogP contribution in [0.1, 0.15) is 5.56 Å². The number of amides is 2. The van der Waals surface area contributed by atoms with E-state index in [9.17, 15) is 14.0 Å². The Bertz CT molecular complexity index is 435. The van der Waals surface area contributed by atoms with Gasteiger partial charge in [-0.3, -0.25) is 9.59 Å². The molecule has 0 saturated heterocycles. The number of nitrogens with one attached hydrogen (secondary N) is 2. The van der Waals surface area contributed by atoms with E-state index in [0.29, 0.717) is 5.56 Å². The van der Waals surface area contributed by atoms with Crippen molar-refractivity contribution in [2.24, 2.45) is 5.73 Å². The van der Waals surface area contributed by atoms with Gasteiger partial charge in [0.2, 0.25) is 0 Å². The molecule has 0 unspecified atom stereocenters. The lowest BCUT2D eigenvalue weighted by molar-refractivity contribution is -0.136. The molecule has 1 aromatic rings. The van der Waals surface area contributed by atoms with Gasteiger partial charge in [0.15, 0.2) is 0 Å². The number of hydrogen-bond acceptors (Lipinski definition) is 3. The van der Waals surface area contributed by atoms with Gasteiger partial charge >= 0.3 is 11.8 Å². The third-order valence-corrected chi connectivity index (χ3v) is 2.08. The number of benzene rings is 1.